The summed E-state index contributed by atoms with van der Waals surface area (Å²) in [5, 5.41) is 4.16. The molecule has 0 unspecified atom stereocenters. The first-order valence-corrected chi connectivity index (χ1v) is 7.26. The molecule has 0 fully saturated rings. The summed E-state index contributed by atoms with van der Waals surface area (Å²) in [5.41, 5.74) is 3.13. The SMILES string of the molecule is COc1ccc2[nH]c(C)c(CCNC(=O)C(C)(C)C)c2c1. The molecule has 1 aromatic heterocycles. The third kappa shape index (κ3) is 3.38. The van der Waals surface area contributed by atoms with Gasteiger partial charge in [0.15, 0.2) is 0 Å². The molecule has 4 nitrogen and oxygen atoms in total. The van der Waals surface area contributed by atoms with Crippen LogP contribution in [-0.2, 0) is 11.2 Å². The summed E-state index contributed by atoms with van der Waals surface area (Å²) in [7, 11) is 1.67. The lowest BCUT2D eigenvalue weighted by atomic mass is 9.95. The molecule has 1 amide bonds. The van der Waals surface area contributed by atoms with Gasteiger partial charge in [-0.1, -0.05) is 20.8 Å². The molecule has 0 saturated carbocycles. The third-order valence-corrected chi connectivity index (χ3v) is 3.67. The number of hydrogen-bond acceptors (Lipinski definition) is 2. The highest BCUT2D eigenvalue weighted by Gasteiger charge is 2.20. The predicted octanol–water partition coefficient (Wildman–Crippen LogP) is 3.19. The fraction of sp³-hybridized carbons (Fsp3) is 0.471. The fourth-order valence-electron chi connectivity index (χ4n) is 2.38. The number of aromatic amines is 1. The molecule has 1 aromatic carbocycles. The van der Waals surface area contributed by atoms with Crippen LogP contribution in [0.1, 0.15) is 32.0 Å². The molecule has 4 heteroatoms. The first-order valence-electron chi connectivity index (χ1n) is 7.26. The molecule has 0 spiro atoms. The molecule has 0 radical (unpaired) electrons. The fourth-order valence-corrected chi connectivity index (χ4v) is 2.38. The highest BCUT2D eigenvalue weighted by Crippen LogP contribution is 2.26. The van der Waals surface area contributed by atoms with Crippen LogP contribution >= 0.6 is 0 Å². The first kappa shape index (κ1) is 15.4. The number of benzene rings is 1. The van der Waals surface area contributed by atoms with Gasteiger partial charge >= 0.3 is 0 Å². The van der Waals surface area contributed by atoms with Crippen molar-refractivity contribution in [2.75, 3.05) is 13.7 Å². The summed E-state index contributed by atoms with van der Waals surface area (Å²) < 4.78 is 5.29. The molecule has 0 aliphatic rings. The van der Waals surface area contributed by atoms with E-state index < -0.39 is 0 Å². The zero-order chi connectivity index (χ0) is 15.6. The Balaban J connectivity index is 2.15. The second kappa shape index (κ2) is 5.80. The van der Waals surface area contributed by atoms with E-state index in [4.69, 9.17) is 4.74 Å². The van der Waals surface area contributed by atoms with Crippen molar-refractivity contribution in [3.8, 4) is 5.75 Å². The van der Waals surface area contributed by atoms with Gasteiger partial charge in [0.2, 0.25) is 5.91 Å². The van der Waals surface area contributed by atoms with Crippen molar-refractivity contribution in [2.24, 2.45) is 5.41 Å². The van der Waals surface area contributed by atoms with Crippen molar-refractivity contribution in [1.82, 2.24) is 10.3 Å². The van der Waals surface area contributed by atoms with Gasteiger partial charge < -0.3 is 15.0 Å². The van der Waals surface area contributed by atoms with Gasteiger partial charge in [-0.15, -0.1) is 0 Å². The third-order valence-electron chi connectivity index (χ3n) is 3.67. The monoisotopic (exact) mass is 288 g/mol. The Bertz CT molecular complexity index is 651. The van der Waals surface area contributed by atoms with Gasteiger partial charge in [-0.2, -0.15) is 0 Å². The number of ether oxygens (including phenoxy) is 1. The number of hydrogen-bond donors (Lipinski definition) is 2. The summed E-state index contributed by atoms with van der Waals surface area (Å²) in [6, 6.07) is 6.02. The number of aromatic nitrogens is 1. The lowest BCUT2D eigenvalue weighted by Crippen LogP contribution is -2.35. The van der Waals surface area contributed by atoms with E-state index >= 15 is 0 Å². The summed E-state index contributed by atoms with van der Waals surface area (Å²) in [4.78, 5) is 15.3. The lowest BCUT2D eigenvalue weighted by Gasteiger charge is -2.17. The van der Waals surface area contributed by atoms with Crippen LogP contribution in [0.15, 0.2) is 18.2 Å². The van der Waals surface area contributed by atoms with Crippen molar-refractivity contribution in [1.29, 1.82) is 0 Å². The number of carbonyl (C=O) groups excluding carboxylic acids is 1. The molecule has 0 atom stereocenters. The van der Waals surface area contributed by atoms with Crippen LogP contribution in [0.3, 0.4) is 0 Å². The van der Waals surface area contributed by atoms with Crippen molar-refractivity contribution in [3.63, 3.8) is 0 Å². The normalized spacial score (nSPS) is 11.7. The zero-order valence-corrected chi connectivity index (χ0v) is 13.5. The van der Waals surface area contributed by atoms with Crippen LogP contribution in [-0.4, -0.2) is 24.5 Å². The minimum absolute atomic E-state index is 0.0811. The predicted molar refractivity (Wildman–Crippen MR) is 85.8 cm³/mol. The Kier molecular flexibility index (Phi) is 4.26. The number of methoxy groups -OCH3 is 1. The Morgan fingerprint density at radius 1 is 1.33 bits per heavy atom. The molecule has 114 valence electrons. The van der Waals surface area contributed by atoms with Crippen molar-refractivity contribution >= 4 is 16.8 Å². The first-order chi connectivity index (χ1) is 9.82. The van der Waals surface area contributed by atoms with E-state index in [2.05, 4.69) is 17.2 Å². The maximum Gasteiger partial charge on any atom is 0.225 e. The van der Waals surface area contributed by atoms with Gasteiger partial charge in [-0.25, -0.2) is 0 Å². The van der Waals surface area contributed by atoms with Gasteiger partial charge in [-0.3, -0.25) is 4.79 Å². The Morgan fingerprint density at radius 2 is 2.05 bits per heavy atom. The van der Waals surface area contributed by atoms with E-state index in [1.54, 1.807) is 7.11 Å². The minimum atomic E-state index is -0.349. The summed E-state index contributed by atoms with van der Waals surface area (Å²) >= 11 is 0. The highest BCUT2D eigenvalue weighted by atomic mass is 16.5. The molecule has 0 aliphatic heterocycles. The standard InChI is InChI=1S/C17H24N2O2/c1-11-13(8-9-18-16(20)17(2,3)4)14-10-12(21-5)6-7-15(14)19-11/h6-7,10,19H,8-9H2,1-5H3,(H,18,20). The van der Waals surface area contributed by atoms with Crippen LogP contribution in [0.5, 0.6) is 5.75 Å². The molecule has 2 N–H and O–H groups in total. The van der Waals surface area contributed by atoms with Crippen LogP contribution in [0.4, 0.5) is 0 Å². The summed E-state index contributed by atoms with van der Waals surface area (Å²) in [6.45, 7) is 8.47. The molecular weight excluding hydrogens is 264 g/mol. The molecule has 0 aliphatic carbocycles. The van der Waals surface area contributed by atoms with E-state index in [0.29, 0.717) is 6.54 Å². The average molecular weight is 288 g/mol. The summed E-state index contributed by atoms with van der Waals surface area (Å²) in [6.07, 6.45) is 0.806. The van der Waals surface area contributed by atoms with E-state index in [9.17, 15) is 4.79 Å². The molecule has 0 saturated heterocycles. The number of nitrogens with one attached hydrogen (secondary N) is 2. The molecule has 2 aromatic rings. The zero-order valence-electron chi connectivity index (χ0n) is 13.5. The molecule has 0 bridgehead atoms. The Labute approximate surface area is 125 Å². The number of carbonyl (C=O) groups is 1. The van der Waals surface area contributed by atoms with Gasteiger partial charge in [-0.05, 0) is 37.1 Å². The van der Waals surface area contributed by atoms with E-state index in [1.165, 1.54) is 5.56 Å². The number of amides is 1. The lowest BCUT2D eigenvalue weighted by molar-refractivity contribution is -0.128. The smallest absolute Gasteiger partial charge is 0.225 e. The Morgan fingerprint density at radius 3 is 2.67 bits per heavy atom. The minimum Gasteiger partial charge on any atom is -0.497 e. The van der Waals surface area contributed by atoms with E-state index in [1.807, 2.05) is 39.0 Å². The van der Waals surface area contributed by atoms with Crippen LogP contribution in [0, 0.1) is 12.3 Å². The van der Waals surface area contributed by atoms with Crippen molar-refractivity contribution in [2.45, 2.75) is 34.1 Å². The van der Waals surface area contributed by atoms with Crippen LogP contribution in [0.2, 0.25) is 0 Å². The van der Waals surface area contributed by atoms with Gasteiger partial charge in [0, 0.05) is 28.6 Å². The molecule has 2 rings (SSSR count). The van der Waals surface area contributed by atoms with Gasteiger partial charge in [0.1, 0.15) is 5.75 Å². The van der Waals surface area contributed by atoms with Gasteiger partial charge in [0.25, 0.3) is 0 Å². The van der Waals surface area contributed by atoms with Crippen molar-refractivity contribution < 1.29 is 9.53 Å². The van der Waals surface area contributed by atoms with Crippen LogP contribution < -0.4 is 10.1 Å². The Hall–Kier alpha value is -1.97. The maximum atomic E-state index is 11.9. The highest BCUT2D eigenvalue weighted by molar-refractivity contribution is 5.86. The number of aryl methyl sites for hydroxylation is 1. The van der Waals surface area contributed by atoms with Crippen LogP contribution in [0.25, 0.3) is 10.9 Å². The molecular formula is C17H24N2O2. The second-order valence-electron chi connectivity index (χ2n) is 6.40. The van der Waals surface area contributed by atoms with E-state index in [-0.39, 0.29) is 11.3 Å². The number of rotatable bonds is 4. The number of H-pyrrole nitrogens is 1. The average Bonchev–Trinajstić information content (AvgIpc) is 2.73. The molecule has 21 heavy (non-hydrogen) atoms. The second-order valence-corrected chi connectivity index (χ2v) is 6.40. The largest absolute Gasteiger partial charge is 0.497 e. The topological polar surface area (TPSA) is 54.1 Å². The van der Waals surface area contributed by atoms with Crippen molar-refractivity contribution in [3.05, 3.63) is 29.5 Å². The van der Waals surface area contributed by atoms with E-state index in [0.717, 1.165) is 28.8 Å². The summed E-state index contributed by atoms with van der Waals surface area (Å²) in [5.74, 6) is 0.930. The number of fused-ring (bicyclic) bond motifs is 1. The quantitative estimate of drug-likeness (QED) is 0.908. The van der Waals surface area contributed by atoms with Gasteiger partial charge in [0.05, 0.1) is 7.11 Å². The molecule has 1 heterocycles. The maximum absolute atomic E-state index is 11.9.